The third-order valence-corrected chi connectivity index (χ3v) is 6.54. The first kappa shape index (κ1) is 16.5. The first-order valence-corrected chi connectivity index (χ1v) is 9.56. The first-order valence-electron chi connectivity index (χ1n) is 8.02. The summed E-state index contributed by atoms with van der Waals surface area (Å²) >= 11 is 0. The van der Waals surface area contributed by atoms with Gasteiger partial charge in [-0.25, -0.2) is 13.1 Å². The number of rotatable bonds is 6. The molecule has 1 aromatic carbocycles. The molecule has 1 atom stereocenters. The molecule has 0 amide bonds. The molecule has 1 N–H and O–H groups in total. The van der Waals surface area contributed by atoms with Gasteiger partial charge in [-0.1, -0.05) is 18.9 Å². The Labute approximate surface area is 137 Å². The fourth-order valence-electron chi connectivity index (χ4n) is 3.23. The number of benzene rings is 1. The average Bonchev–Trinajstić information content (AvgIpc) is 3.18. The molecule has 23 heavy (non-hydrogen) atoms. The number of sulfonamides is 1. The van der Waals surface area contributed by atoms with Crippen LogP contribution in [0.5, 0.6) is 11.5 Å². The van der Waals surface area contributed by atoms with Crippen LogP contribution >= 0.6 is 0 Å². The molecule has 0 aromatic heterocycles. The highest BCUT2D eigenvalue weighted by Crippen LogP contribution is 2.35. The van der Waals surface area contributed by atoms with Gasteiger partial charge in [-0.2, -0.15) is 0 Å². The lowest BCUT2D eigenvalue weighted by Gasteiger charge is -2.26. The molecule has 1 heterocycles. The van der Waals surface area contributed by atoms with Crippen molar-refractivity contribution < 1.29 is 17.9 Å². The molecule has 0 bridgehead atoms. The van der Waals surface area contributed by atoms with Crippen LogP contribution in [0.3, 0.4) is 0 Å². The molecule has 1 aliphatic carbocycles. The normalized spacial score (nSPS) is 19.4. The van der Waals surface area contributed by atoms with Gasteiger partial charge in [0, 0.05) is 12.6 Å². The zero-order valence-corrected chi connectivity index (χ0v) is 14.4. The molecule has 6 nitrogen and oxygen atoms in total. The highest BCUT2D eigenvalue weighted by molar-refractivity contribution is 7.90. The zero-order valence-electron chi connectivity index (χ0n) is 13.6. The monoisotopic (exact) mass is 340 g/mol. The van der Waals surface area contributed by atoms with Crippen LogP contribution in [0.2, 0.25) is 0 Å². The van der Waals surface area contributed by atoms with E-state index in [9.17, 15) is 8.42 Å². The Bertz CT molecular complexity index is 654. The Morgan fingerprint density at radius 3 is 2.61 bits per heavy atom. The standard InChI is InChI=1S/C16H24N2O4S/c1-18(2)14(10-17-23(19,20)13-5-3-4-6-13)12-7-8-15-16(9-12)22-11-21-15/h7-9,13-14,17H,3-6,10-11H2,1-2H3. The van der Waals surface area contributed by atoms with Crippen molar-refractivity contribution in [1.82, 2.24) is 9.62 Å². The van der Waals surface area contributed by atoms with E-state index in [1.165, 1.54) is 0 Å². The molecule has 128 valence electrons. The Kier molecular flexibility index (Phi) is 4.79. The second-order valence-electron chi connectivity index (χ2n) is 6.39. The number of hydrogen-bond donors (Lipinski definition) is 1. The third kappa shape index (κ3) is 3.62. The van der Waals surface area contributed by atoms with E-state index in [2.05, 4.69) is 4.72 Å². The summed E-state index contributed by atoms with van der Waals surface area (Å²) in [4.78, 5) is 2.01. The minimum Gasteiger partial charge on any atom is -0.454 e. The number of fused-ring (bicyclic) bond motifs is 1. The maximum atomic E-state index is 12.4. The predicted octanol–water partition coefficient (Wildman–Crippen LogP) is 1.88. The molecule has 0 saturated heterocycles. The van der Waals surface area contributed by atoms with E-state index < -0.39 is 10.0 Å². The second-order valence-corrected chi connectivity index (χ2v) is 8.44. The van der Waals surface area contributed by atoms with Crippen LogP contribution in [0, 0.1) is 0 Å². The van der Waals surface area contributed by atoms with E-state index in [0.717, 1.165) is 37.0 Å². The van der Waals surface area contributed by atoms with Crippen molar-refractivity contribution >= 4 is 10.0 Å². The minimum atomic E-state index is -3.24. The summed E-state index contributed by atoms with van der Waals surface area (Å²) in [6.45, 7) is 0.588. The van der Waals surface area contributed by atoms with Crippen LogP contribution in [-0.2, 0) is 10.0 Å². The predicted molar refractivity (Wildman–Crippen MR) is 88.2 cm³/mol. The second kappa shape index (κ2) is 6.67. The highest BCUT2D eigenvalue weighted by Gasteiger charge is 2.29. The molecule has 1 saturated carbocycles. The molecule has 1 unspecified atom stereocenters. The first-order chi connectivity index (χ1) is 11.0. The topological polar surface area (TPSA) is 67.9 Å². The smallest absolute Gasteiger partial charge is 0.231 e. The summed E-state index contributed by atoms with van der Waals surface area (Å²) in [5.41, 5.74) is 1.01. The summed E-state index contributed by atoms with van der Waals surface area (Å²) in [7, 11) is 0.646. The lowest BCUT2D eigenvalue weighted by molar-refractivity contribution is 0.174. The molecular formula is C16H24N2O4S. The maximum absolute atomic E-state index is 12.4. The number of ether oxygens (including phenoxy) is 2. The van der Waals surface area contributed by atoms with Gasteiger partial charge in [0.2, 0.25) is 16.8 Å². The van der Waals surface area contributed by atoms with Crippen molar-refractivity contribution in [3.63, 3.8) is 0 Å². The van der Waals surface area contributed by atoms with Crippen molar-refractivity contribution in [1.29, 1.82) is 0 Å². The van der Waals surface area contributed by atoms with E-state index in [1.807, 2.05) is 37.2 Å². The van der Waals surface area contributed by atoms with Crippen molar-refractivity contribution in [3.8, 4) is 11.5 Å². The average molecular weight is 340 g/mol. The van der Waals surface area contributed by atoms with Crippen LogP contribution in [0.1, 0.15) is 37.3 Å². The largest absolute Gasteiger partial charge is 0.454 e. The number of hydrogen-bond acceptors (Lipinski definition) is 5. The molecule has 3 rings (SSSR count). The van der Waals surface area contributed by atoms with Crippen LogP contribution < -0.4 is 14.2 Å². The molecule has 7 heteroatoms. The fourth-order valence-corrected chi connectivity index (χ4v) is 4.81. The summed E-state index contributed by atoms with van der Waals surface area (Å²) < 4.78 is 38.4. The molecule has 0 spiro atoms. The van der Waals surface area contributed by atoms with Gasteiger partial charge < -0.3 is 14.4 Å². The lowest BCUT2D eigenvalue weighted by Crippen LogP contribution is -2.38. The van der Waals surface area contributed by atoms with Crippen LogP contribution in [-0.4, -0.2) is 46.0 Å². The van der Waals surface area contributed by atoms with E-state index in [4.69, 9.17) is 9.47 Å². The highest BCUT2D eigenvalue weighted by atomic mass is 32.2. The van der Waals surface area contributed by atoms with Crippen molar-refractivity contribution in [3.05, 3.63) is 23.8 Å². The molecule has 1 fully saturated rings. The van der Waals surface area contributed by atoms with Gasteiger partial charge in [0.25, 0.3) is 0 Å². The van der Waals surface area contributed by atoms with Crippen molar-refractivity contribution in [2.24, 2.45) is 0 Å². The summed E-state index contributed by atoms with van der Waals surface area (Å²) in [5, 5.41) is -0.234. The molecule has 0 radical (unpaired) electrons. The van der Waals surface area contributed by atoms with E-state index in [0.29, 0.717) is 12.3 Å². The zero-order chi connectivity index (χ0) is 16.4. The van der Waals surface area contributed by atoms with E-state index in [-0.39, 0.29) is 18.1 Å². The molecule has 2 aliphatic rings. The third-order valence-electron chi connectivity index (χ3n) is 4.62. The van der Waals surface area contributed by atoms with E-state index >= 15 is 0 Å². The maximum Gasteiger partial charge on any atom is 0.231 e. The number of likely N-dealkylation sites (N-methyl/N-ethyl adjacent to an activating group) is 1. The summed E-state index contributed by atoms with van der Waals surface area (Å²) in [6.07, 6.45) is 3.55. The quantitative estimate of drug-likeness (QED) is 0.856. The van der Waals surface area contributed by atoms with Crippen LogP contribution in [0.15, 0.2) is 18.2 Å². The van der Waals surface area contributed by atoms with Gasteiger partial charge in [-0.15, -0.1) is 0 Å². The fraction of sp³-hybridized carbons (Fsp3) is 0.625. The summed E-state index contributed by atoms with van der Waals surface area (Å²) in [6, 6.07) is 5.71. The molecule has 1 aromatic rings. The van der Waals surface area contributed by atoms with Gasteiger partial charge >= 0.3 is 0 Å². The SMILES string of the molecule is CN(C)C(CNS(=O)(=O)C1CCCC1)c1ccc2c(c1)OCO2. The van der Waals surface area contributed by atoms with Crippen molar-refractivity contribution in [2.75, 3.05) is 27.4 Å². The lowest BCUT2D eigenvalue weighted by atomic mass is 10.1. The Hall–Kier alpha value is -1.31. The van der Waals surface area contributed by atoms with Crippen molar-refractivity contribution in [2.45, 2.75) is 37.0 Å². The van der Waals surface area contributed by atoms with Gasteiger partial charge in [0.1, 0.15) is 0 Å². The molecular weight excluding hydrogens is 316 g/mol. The Morgan fingerprint density at radius 2 is 1.91 bits per heavy atom. The number of nitrogens with zero attached hydrogens (tertiary/aromatic N) is 1. The van der Waals surface area contributed by atoms with Gasteiger partial charge in [0.05, 0.1) is 5.25 Å². The number of nitrogens with one attached hydrogen (secondary N) is 1. The Morgan fingerprint density at radius 1 is 1.22 bits per heavy atom. The Balaban J connectivity index is 1.72. The minimum absolute atomic E-state index is 0.0549. The van der Waals surface area contributed by atoms with Crippen LogP contribution in [0.25, 0.3) is 0 Å². The van der Waals surface area contributed by atoms with Gasteiger partial charge in [0.15, 0.2) is 11.5 Å². The summed E-state index contributed by atoms with van der Waals surface area (Å²) in [5.74, 6) is 1.45. The van der Waals surface area contributed by atoms with Gasteiger partial charge in [-0.3, -0.25) is 0 Å². The van der Waals surface area contributed by atoms with Gasteiger partial charge in [-0.05, 0) is 44.6 Å². The molecule has 1 aliphatic heterocycles. The van der Waals surface area contributed by atoms with Crippen LogP contribution in [0.4, 0.5) is 0 Å². The van der Waals surface area contributed by atoms with E-state index in [1.54, 1.807) is 0 Å².